The van der Waals surface area contributed by atoms with Crippen LogP contribution in [0.3, 0.4) is 0 Å². The van der Waals surface area contributed by atoms with E-state index in [4.69, 9.17) is 11.6 Å². The molecule has 104 valence electrons. The Morgan fingerprint density at radius 1 is 1.16 bits per heavy atom. The molecule has 2 rings (SSSR count). The first-order chi connectivity index (χ1) is 8.58. The van der Waals surface area contributed by atoms with Crippen LogP contribution < -0.4 is 0 Å². The van der Waals surface area contributed by atoms with Crippen LogP contribution >= 0.6 is 22.9 Å². The van der Waals surface area contributed by atoms with E-state index in [0.29, 0.717) is 17.5 Å². The molecule has 0 atom stereocenters. The van der Waals surface area contributed by atoms with Crippen LogP contribution in [0.15, 0.2) is 12.3 Å². The number of thiophene rings is 1. The largest absolute Gasteiger partial charge is 0.419 e. The molecule has 0 aliphatic carbocycles. The summed E-state index contributed by atoms with van der Waals surface area (Å²) >= 11 is 6.25. The van der Waals surface area contributed by atoms with Gasteiger partial charge >= 0.3 is 12.4 Å². The van der Waals surface area contributed by atoms with Crippen LogP contribution in [0.25, 0.3) is 10.2 Å². The number of halogens is 7. The Balaban J connectivity index is 2.52. The SMILES string of the molecule is FC(F)(F)Cc1cc2c(Cl)c(C(F)(F)F)cnc2s1. The third-order valence-corrected chi connectivity index (χ3v) is 3.68. The van der Waals surface area contributed by atoms with E-state index in [1.54, 1.807) is 0 Å². The van der Waals surface area contributed by atoms with E-state index in [1.807, 2.05) is 0 Å². The maximum Gasteiger partial charge on any atom is 0.419 e. The summed E-state index contributed by atoms with van der Waals surface area (Å²) < 4.78 is 74.3. The van der Waals surface area contributed by atoms with Crippen molar-refractivity contribution in [3.63, 3.8) is 0 Å². The fourth-order valence-corrected chi connectivity index (χ4v) is 2.89. The quantitative estimate of drug-likeness (QED) is 0.668. The van der Waals surface area contributed by atoms with Crippen LogP contribution in [0, 0.1) is 0 Å². The van der Waals surface area contributed by atoms with E-state index >= 15 is 0 Å². The van der Waals surface area contributed by atoms with E-state index in [0.717, 1.165) is 6.07 Å². The third kappa shape index (κ3) is 3.11. The Labute approximate surface area is 111 Å². The number of rotatable bonds is 1. The predicted octanol–water partition coefficient (Wildman–Crippen LogP) is 5.07. The van der Waals surface area contributed by atoms with Gasteiger partial charge in [0.2, 0.25) is 0 Å². The molecule has 0 fully saturated rings. The number of nitrogens with zero attached hydrogens (tertiary/aromatic N) is 1. The summed E-state index contributed by atoms with van der Waals surface area (Å²) in [5.74, 6) is 0. The Morgan fingerprint density at radius 2 is 1.79 bits per heavy atom. The molecule has 0 aliphatic heterocycles. The molecule has 0 spiro atoms. The molecule has 0 aliphatic rings. The van der Waals surface area contributed by atoms with E-state index in [1.165, 1.54) is 0 Å². The van der Waals surface area contributed by atoms with Crippen molar-refractivity contribution in [1.82, 2.24) is 4.98 Å². The number of fused-ring (bicyclic) bond motifs is 1. The van der Waals surface area contributed by atoms with E-state index in [2.05, 4.69) is 4.98 Å². The minimum atomic E-state index is -4.69. The van der Waals surface area contributed by atoms with Crippen LogP contribution in [0.1, 0.15) is 10.4 Å². The van der Waals surface area contributed by atoms with Gasteiger partial charge in [0.25, 0.3) is 0 Å². The number of hydrogen-bond acceptors (Lipinski definition) is 2. The molecule has 0 N–H and O–H groups in total. The van der Waals surface area contributed by atoms with Gasteiger partial charge in [0.05, 0.1) is 17.0 Å². The highest BCUT2D eigenvalue weighted by Gasteiger charge is 2.35. The molecule has 0 bridgehead atoms. The van der Waals surface area contributed by atoms with Gasteiger partial charge in [-0.05, 0) is 6.07 Å². The second-order valence-corrected chi connectivity index (χ2v) is 5.20. The standard InChI is InChI=1S/C10H4ClF6NS/c11-7-5-1-4(2-9(12,13)14)19-8(5)18-3-6(7)10(15,16)17/h1,3H,2H2. The fourth-order valence-electron chi connectivity index (χ4n) is 1.49. The summed E-state index contributed by atoms with van der Waals surface area (Å²) in [6.45, 7) is 0. The van der Waals surface area contributed by atoms with E-state index in [9.17, 15) is 26.3 Å². The molecule has 0 saturated heterocycles. The molecule has 19 heavy (non-hydrogen) atoms. The summed E-state index contributed by atoms with van der Waals surface area (Å²) in [7, 11) is 0. The highest BCUT2D eigenvalue weighted by molar-refractivity contribution is 7.18. The van der Waals surface area contributed by atoms with Crippen molar-refractivity contribution in [2.45, 2.75) is 18.8 Å². The van der Waals surface area contributed by atoms with E-state index < -0.39 is 29.4 Å². The highest BCUT2D eigenvalue weighted by atomic mass is 35.5. The van der Waals surface area contributed by atoms with Crippen molar-refractivity contribution in [3.8, 4) is 0 Å². The van der Waals surface area contributed by atoms with Crippen LogP contribution in [0.5, 0.6) is 0 Å². The monoisotopic (exact) mass is 319 g/mol. The topological polar surface area (TPSA) is 12.9 Å². The van der Waals surface area contributed by atoms with E-state index in [-0.39, 0.29) is 15.1 Å². The van der Waals surface area contributed by atoms with Crippen LogP contribution in [0.2, 0.25) is 5.02 Å². The number of aromatic nitrogens is 1. The van der Waals surface area contributed by atoms with Gasteiger partial charge in [-0.25, -0.2) is 4.98 Å². The molecule has 2 heterocycles. The minimum Gasteiger partial charge on any atom is -0.245 e. The predicted molar refractivity (Wildman–Crippen MR) is 59.4 cm³/mol. The maximum atomic E-state index is 12.6. The lowest BCUT2D eigenvalue weighted by molar-refractivity contribution is -0.137. The first-order valence-electron chi connectivity index (χ1n) is 4.79. The zero-order valence-electron chi connectivity index (χ0n) is 8.86. The normalized spacial score (nSPS) is 13.2. The van der Waals surface area contributed by atoms with Gasteiger partial charge in [-0.15, -0.1) is 11.3 Å². The van der Waals surface area contributed by atoms with Crippen molar-refractivity contribution in [1.29, 1.82) is 0 Å². The Morgan fingerprint density at radius 3 is 2.32 bits per heavy atom. The molecule has 0 unspecified atom stereocenters. The number of alkyl halides is 6. The molecular weight excluding hydrogens is 316 g/mol. The van der Waals surface area contributed by atoms with Crippen LogP contribution in [-0.4, -0.2) is 11.2 Å². The summed E-state index contributed by atoms with van der Waals surface area (Å²) in [4.78, 5) is 3.43. The van der Waals surface area contributed by atoms with Gasteiger partial charge in [-0.2, -0.15) is 26.3 Å². The average molecular weight is 320 g/mol. The van der Waals surface area contributed by atoms with Gasteiger partial charge in [0.1, 0.15) is 4.83 Å². The fraction of sp³-hybridized carbons (Fsp3) is 0.300. The Kier molecular flexibility index (Phi) is 3.42. The van der Waals surface area contributed by atoms with Crippen molar-refractivity contribution in [2.24, 2.45) is 0 Å². The molecule has 9 heteroatoms. The summed E-state index contributed by atoms with van der Waals surface area (Å²) in [6, 6.07) is 0.998. The van der Waals surface area contributed by atoms with Crippen molar-refractivity contribution in [3.05, 3.63) is 27.7 Å². The molecule has 2 aromatic rings. The Bertz CT molecular complexity index is 615. The molecule has 0 aromatic carbocycles. The lowest BCUT2D eigenvalue weighted by atomic mass is 10.2. The van der Waals surface area contributed by atoms with Gasteiger partial charge in [-0.3, -0.25) is 0 Å². The molecular formula is C10H4ClF6NS. The summed E-state index contributed by atoms with van der Waals surface area (Å²) in [6.07, 6.45) is -9.81. The van der Waals surface area contributed by atoms with Gasteiger partial charge in [0.15, 0.2) is 0 Å². The molecule has 1 nitrogen and oxygen atoms in total. The first-order valence-corrected chi connectivity index (χ1v) is 5.98. The smallest absolute Gasteiger partial charge is 0.245 e. The zero-order chi connectivity index (χ0) is 14.4. The lowest BCUT2D eigenvalue weighted by Gasteiger charge is -2.08. The molecule has 0 amide bonds. The van der Waals surface area contributed by atoms with Crippen molar-refractivity contribution < 1.29 is 26.3 Å². The van der Waals surface area contributed by atoms with Crippen molar-refractivity contribution in [2.75, 3.05) is 0 Å². The van der Waals surface area contributed by atoms with Gasteiger partial charge in [-0.1, -0.05) is 11.6 Å². The molecule has 2 aromatic heterocycles. The summed E-state index contributed by atoms with van der Waals surface area (Å²) in [5, 5.41) is -0.733. The third-order valence-electron chi connectivity index (χ3n) is 2.23. The average Bonchev–Trinajstić information content (AvgIpc) is 2.56. The second-order valence-electron chi connectivity index (χ2n) is 3.71. The number of hydrogen-bond donors (Lipinski definition) is 0. The van der Waals surface area contributed by atoms with Crippen LogP contribution in [-0.2, 0) is 12.6 Å². The van der Waals surface area contributed by atoms with Gasteiger partial charge in [0, 0.05) is 16.5 Å². The minimum absolute atomic E-state index is 0.0530. The lowest BCUT2D eigenvalue weighted by Crippen LogP contribution is -2.10. The second kappa shape index (κ2) is 4.52. The number of pyridine rings is 1. The maximum absolute atomic E-state index is 12.6. The Hall–Kier alpha value is -1.02. The van der Waals surface area contributed by atoms with Crippen LogP contribution in [0.4, 0.5) is 26.3 Å². The van der Waals surface area contributed by atoms with Gasteiger partial charge < -0.3 is 0 Å². The zero-order valence-corrected chi connectivity index (χ0v) is 10.4. The first kappa shape index (κ1) is 14.4. The molecule has 0 radical (unpaired) electrons. The highest BCUT2D eigenvalue weighted by Crippen LogP contribution is 2.40. The van der Waals surface area contributed by atoms with Crippen molar-refractivity contribution >= 4 is 33.2 Å². The summed E-state index contributed by atoms with van der Waals surface area (Å²) in [5.41, 5.74) is -1.15. The molecule has 0 saturated carbocycles.